The second-order valence-corrected chi connectivity index (χ2v) is 4.78. The monoisotopic (exact) mass is 286 g/mol. The van der Waals surface area contributed by atoms with Gasteiger partial charge in [-0.1, -0.05) is 12.1 Å². The number of rotatable bonds is 5. The van der Waals surface area contributed by atoms with E-state index in [9.17, 15) is 9.59 Å². The van der Waals surface area contributed by atoms with Crippen LogP contribution < -0.4 is 10.6 Å². The van der Waals surface area contributed by atoms with E-state index in [0.717, 1.165) is 5.56 Å². The molecule has 0 aliphatic rings. The van der Waals surface area contributed by atoms with Crippen LogP contribution in [0, 0.1) is 0 Å². The van der Waals surface area contributed by atoms with Gasteiger partial charge in [-0.15, -0.1) is 0 Å². The van der Waals surface area contributed by atoms with Crippen molar-refractivity contribution in [3.8, 4) is 0 Å². The van der Waals surface area contributed by atoms with E-state index in [-0.39, 0.29) is 17.9 Å². The topological polar surface area (TPSA) is 86.9 Å². The highest BCUT2D eigenvalue weighted by molar-refractivity contribution is 5.94. The summed E-state index contributed by atoms with van der Waals surface area (Å²) in [6, 6.07) is 6.93. The molecule has 0 fully saturated rings. The SMILES string of the molecule is CC(=O)NCc1ccc(C(=O)NC(C)c2ncc[nH]2)cc1. The van der Waals surface area contributed by atoms with E-state index < -0.39 is 0 Å². The third kappa shape index (κ3) is 4.17. The summed E-state index contributed by atoms with van der Waals surface area (Å²) in [5.41, 5.74) is 1.51. The van der Waals surface area contributed by atoms with Gasteiger partial charge in [0.2, 0.25) is 5.91 Å². The highest BCUT2D eigenvalue weighted by Crippen LogP contribution is 2.09. The van der Waals surface area contributed by atoms with Crippen LogP contribution in [0.1, 0.15) is 41.6 Å². The van der Waals surface area contributed by atoms with E-state index in [2.05, 4.69) is 20.6 Å². The van der Waals surface area contributed by atoms with Gasteiger partial charge in [-0.3, -0.25) is 9.59 Å². The van der Waals surface area contributed by atoms with E-state index in [1.54, 1.807) is 24.5 Å². The van der Waals surface area contributed by atoms with Crippen molar-refractivity contribution in [3.63, 3.8) is 0 Å². The van der Waals surface area contributed by atoms with Crippen molar-refractivity contribution in [2.24, 2.45) is 0 Å². The predicted molar refractivity (Wildman–Crippen MR) is 78.4 cm³/mol. The molecule has 1 aromatic heterocycles. The number of benzene rings is 1. The Morgan fingerprint density at radius 3 is 2.57 bits per heavy atom. The summed E-state index contributed by atoms with van der Waals surface area (Å²) in [7, 11) is 0. The summed E-state index contributed by atoms with van der Waals surface area (Å²) in [6.07, 6.45) is 3.36. The summed E-state index contributed by atoms with van der Waals surface area (Å²) in [4.78, 5) is 30.0. The maximum Gasteiger partial charge on any atom is 0.251 e. The van der Waals surface area contributed by atoms with Gasteiger partial charge in [0.15, 0.2) is 0 Å². The van der Waals surface area contributed by atoms with Crippen LogP contribution in [0.3, 0.4) is 0 Å². The number of hydrogen-bond acceptors (Lipinski definition) is 3. The van der Waals surface area contributed by atoms with Gasteiger partial charge in [0.25, 0.3) is 5.91 Å². The van der Waals surface area contributed by atoms with Gasteiger partial charge in [-0.2, -0.15) is 0 Å². The fourth-order valence-electron chi connectivity index (χ4n) is 1.86. The molecule has 6 heteroatoms. The molecule has 2 rings (SSSR count). The lowest BCUT2D eigenvalue weighted by atomic mass is 10.1. The molecule has 6 nitrogen and oxygen atoms in total. The zero-order chi connectivity index (χ0) is 15.2. The molecule has 1 unspecified atom stereocenters. The zero-order valence-corrected chi connectivity index (χ0v) is 12.0. The molecular weight excluding hydrogens is 268 g/mol. The van der Waals surface area contributed by atoms with Gasteiger partial charge in [0.1, 0.15) is 5.82 Å². The molecule has 21 heavy (non-hydrogen) atoms. The standard InChI is InChI=1S/C15H18N4O2/c1-10(14-16-7-8-17-14)19-15(21)13-5-3-12(4-6-13)9-18-11(2)20/h3-8,10H,9H2,1-2H3,(H,16,17)(H,18,20)(H,19,21). The van der Waals surface area contributed by atoms with Crippen molar-refractivity contribution in [3.05, 3.63) is 53.6 Å². The Hall–Kier alpha value is -2.63. The molecule has 1 heterocycles. The quantitative estimate of drug-likeness (QED) is 0.779. The second-order valence-electron chi connectivity index (χ2n) is 4.78. The van der Waals surface area contributed by atoms with Gasteiger partial charge in [0, 0.05) is 31.4 Å². The number of nitrogens with one attached hydrogen (secondary N) is 3. The van der Waals surface area contributed by atoms with E-state index in [1.165, 1.54) is 6.92 Å². The van der Waals surface area contributed by atoms with Gasteiger partial charge < -0.3 is 15.6 Å². The van der Waals surface area contributed by atoms with Crippen LogP contribution >= 0.6 is 0 Å². The largest absolute Gasteiger partial charge is 0.352 e. The molecule has 0 aliphatic carbocycles. The minimum Gasteiger partial charge on any atom is -0.352 e. The number of hydrogen-bond donors (Lipinski definition) is 3. The van der Waals surface area contributed by atoms with Crippen molar-refractivity contribution in [1.82, 2.24) is 20.6 Å². The number of aromatic amines is 1. The van der Waals surface area contributed by atoms with Crippen molar-refractivity contribution in [2.75, 3.05) is 0 Å². The van der Waals surface area contributed by atoms with Gasteiger partial charge in [-0.25, -0.2) is 4.98 Å². The predicted octanol–water partition coefficient (Wildman–Crippen LogP) is 1.54. The molecule has 0 saturated heterocycles. The smallest absolute Gasteiger partial charge is 0.251 e. The van der Waals surface area contributed by atoms with Crippen molar-refractivity contribution in [1.29, 1.82) is 0 Å². The fraction of sp³-hybridized carbons (Fsp3) is 0.267. The lowest BCUT2D eigenvalue weighted by molar-refractivity contribution is -0.119. The highest BCUT2D eigenvalue weighted by atomic mass is 16.2. The first kappa shape index (κ1) is 14.8. The van der Waals surface area contributed by atoms with Crippen LogP contribution in [0.2, 0.25) is 0 Å². The minimum absolute atomic E-state index is 0.0795. The van der Waals surface area contributed by atoms with Crippen LogP contribution in [0.4, 0.5) is 0 Å². The average molecular weight is 286 g/mol. The summed E-state index contributed by atoms with van der Waals surface area (Å²) in [6.45, 7) is 3.79. The third-order valence-electron chi connectivity index (χ3n) is 3.03. The molecule has 110 valence electrons. The maximum absolute atomic E-state index is 12.1. The van der Waals surface area contributed by atoms with Crippen LogP contribution in [0.5, 0.6) is 0 Å². The van der Waals surface area contributed by atoms with E-state index in [1.807, 2.05) is 19.1 Å². The summed E-state index contributed by atoms with van der Waals surface area (Å²) in [5, 5.41) is 5.58. The Bertz CT molecular complexity index is 605. The molecule has 0 spiro atoms. The Morgan fingerprint density at radius 2 is 2.00 bits per heavy atom. The van der Waals surface area contributed by atoms with Gasteiger partial charge in [0.05, 0.1) is 6.04 Å². The average Bonchev–Trinajstić information content (AvgIpc) is 3.00. The summed E-state index contributed by atoms with van der Waals surface area (Å²) in [5.74, 6) is 0.472. The summed E-state index contributed by atoms with van der Waals surface area (Å²) < 4.78 is 0. The van der Waals surface area contributed by atoms with E-state index in [0.29, 0.717) is 17.9 Å². The van der Waals surface area contributed by atoms with Crippen molar-refractivity contribution >= 4 is 11.8 Å². The lowest BCUT2D eigenvalue weighted by Gasteiger charge is -2.11. The van der Waals surface area contributed by atoms with Crippen LogP contribution in [0.15, 0.2) is 36.7 Å². The van der Waals surface area contributed by atoms with Crippen LogP contribution in [-0.4, -0.2) is 21.8 Å². The molecule has 0 aliphatic heterocycles. The Balaban J connectivity index is 1.95. The number of carbonyl (C=O) groups excluding carboxylic acids is 2. The third-order valence-corrected chi connectivity index (χ3v) is 3.03. The maximum atomic E-state index is 12.1. The number of aromatic nitrogens is 2. The first-order valence-electron chi connectivity index (χ1n) is 6.70. The van der Waals surface area contributed by atoms with Gasteiger partial charge in [-0.05, 0) is 24.6 Å². The number of imidazole rings is 1. The van der Waals surface area contributed by atoms with Crippen LogP contribution in [-0.2, 0) is 11.3 Å². The Kier molecular flexibility index (Phi) is 4.71. The Labute approximate surface area is 123 Å². The zero-order valence-electron chi connectivity index (χ0n) is 12.0. The number of H-pyrrole nitrogens is 1. The number of nitrogens with zero attached hydrogens (tertiary/aromatic N) is 1. The van der Waals surface area contributed by atoms with E-state index >= 15 is 0 Å². The molecule has 3 N–H and O–H groups in total. The first-order chi connectivity index (χ1) is 10.1. The van der Waals surface area contributed by atoms with Crippen molar-refractivity contribution in [2.45, 2.75) is 26.4 Å². The minimum atomic E-state index is -0.188. The molecule has 0 radical (unpaired) electrons. The Morgan fingerprint density at radius 1 is 1.29 bits per heavy atom. The van der Waals surface area contributed by atoms with Gasteiger partial charge >= 0.3 is 0 Å². The fourth-order valence-corrected chi connectivity index (χ4v) is 1.86. The molecule has 0 bridgehead atoms. The second kappa shape index (κ2) is 6.69. The number of amides is 2. The molecule has 1 aromatic carbocycles. The normalized spacial score (nSPS) is 11.7. The van der Waals surface area contributed by atoms with E-state index in [4.69, 9.17) is 0 Å². The lowest BCUT2D eigenvalue weighted by Crippen LogP contribution is -2.27. The molecule has 2 aromatic rings. The van der Waals surface area contributed by atoms with Crippen LogP contribution in [0.25, 0.3) is 0 Å². The molecule has 2 amide bonds. The summed E-state index contributed by atoms with van der Waals surface area (Å²) >= 11 is 0. The first-order valence-corrected chi connectivity index (χ1v) is 6.70. The van der Waals surface area contributed by atoms with Crippen molar-refractivity contribution < 1.29 is 9.59 Å². The number of carbonyl (C=O) groups is 2. The molecule has 1 atom stereocenters. The highest BCUT2D eigenvalue weighted by Gasteiger charge is 2.12. The molecule has 0 saturated carbocycles. The molecular formula is C15H18N4O2.